The summed E-state index contributed by atoms with van der Waals surface area (Å²) >= 11 is 9.01. The van der Waals surface area contributed by atoms with E-state index >= 15 is 0 Å². The first-order valence-corrected chi connectivity index (χ1v) is 6.15. The van der Waals surface area contributed by atoms with Gasteiger partial charge in [0.2, 0.25) is 0 Å². The maximum Gasteiger partial charge on any atom is 0.0839 e. The second-order valence-electron chi connectivity index (χ2n) is 3.36. The third-order valence-corrected chi connectivity index (χ3v) is 2.67. The van der Waals surface area contributed by atoms with Crippen molar-refractivity contribution in [1.82, 2.24) is 20.0 Å². The van der Waals surface area contributed by atoms with E-state index in [1.165, 1.54) is 0 Å². The van der Waals surface area contributed by atoms with Gasteiger partial charge >= 0.3 is 0 Å². The highest BCUT2D eigenvalue weighted by atomic mass is 79.9. The van der Waals surface area contributed by atoms with E-state index < -0.39 is 0 Å². The number of aromatic nitrogens is 4. The van der Waals surface area contributed by atoms with Gasteiger partial charge in [0.05, 0.1) is 12.2 Å². The molecule has 4 nitrogen and oxygen atoms in total. The van der Waals surface area contributed by atoms with Crippen LogP contribution in [0.1, 0.15) is 11.3 Å². The van der Waals surface area contributed by atoms with Crippen LogP contribution in [0.25, 0.3) is 0 Å². The summed E-state index contributed by atoms with van der Waals surface area (Å²) in [5.74, 6) is 0.567. The normalized spacial score (nSPS) is 10.6. The summed E-state index contributed by atoms with van der Waals surface area (Å²) in [5, 5.41) is 8.05. The van der Waals surface area contributed by atoms with Gasteiger partial charge in [0.15, 0.2) is 0 Å². The molecular formula is C10H10BrClN4. The van der Waals surface area contributed by atoms with Gasteiger partial charge in [-0.2, -0.15) is 0 Å². The van der Waals surface area contributed by atoms with Crippen molar-refractivity contribution in [3.63, 3.8) is 0 Å². The molecule has 0 atom stereocenters. The van der Waals surface area contributed by atoms with E-state index in [4.69, 9.17) is 11.6 Å². The van der Waals surface area contributed by atoms with Crippen LogP contribution in [0.2, 0.25) is 0 Å². The standard InChI is InChI=1S/C10H10BrClN4/c11-9-3-8(4-13-5-9)6-16-7-10(1-2-12)14-15-16/h3-5,7H,1-2,6H2. The Hall–Kier alpha value is -0.940. The van der Waals surface area contributed by atoms with Crippen LogP contribution < -0.4 is 0 Å². The maximum absolute atomic E-state index is 5.63. The van der Waals surface area contributed by atoms with E-state index in [-0.39, 0.29) is 0 Å². The summed E-state index contributed by atoms with van der Waals surface area (Å²) in [6.45, 7) is 0.668. The highest BCUT2D eigenvalue weighted by Crippen LogP contribution is 2.10. The van der Waals surface area contributed by atoms with Gasteiger partial charge in [0.1, 0.15) is 0 Å². The van der Waals surface area contributed by atoms with Crippen molar-refractivity contribution in [3.8, 4) is 0 Å². The van der Waals surface area contributed by atoms with Gasteiger partial charge in [-0.05, 0) is 27.6 Å². The Kier molecular flexibility index (Phi) is 3.90. The van der Waals surface area contributed by atoms with Crippen molar-refractivity contribution in [3.05, 3.63) is 40.4 Å². The Morgan fingerprint density at radius 2 is 2.25 bits per heavy atom. The van der Waals surface area contributed by atoms with Crippen LogP contribution in [0.5, 0.6) is 0 Å². The van der Waals surface area contributed by atoms with Crippen LogP contribution in [0.3, 0.4) is 0 Å². The molecule has 2 aromatic rings. The Labute approximate surface area is 107 Å². The number of alkyl halides is 1. The minimum atomic E-state index is 0.567. The molecule has 0 saturated carbocycles. The van der Waals surface area contributed by atoms with Crippen LogP contribution in [0.15, 0.2) is 29.1 Å². The summed E-state index contributed by atoms with van der Waals surface area (Å²) in [6.07, 6.45) is 6.22. The van der Waals surface area contributed by atoms with Gasteiger partial charge in [-0.1, -0.05) is 5.21 Å². The molecule has 0 aliphatic carbocycles. The molecule has 0 amide bonds. The van der Waals surface area contributed by atoms with E-state index in [1.807, 2.05) is 18.5 Å². The monoisotopic (exact) mass is 300 g/mol. The fourth-order valence-electron chi connectivity index (χ4n) is 1.36. The van der Waals surface area contributed by atoms with Gasteiger partial charge < -0.3 is 0 Å². The van der Waals surface area contributed by atoms with E-state index in [2.05, 4.69) is 31.2 Å². The van der Waals surface area contributed by atoms with Crippen LogP contribution in [-0.2, 0) is 13.0 Å². The zero-order valence-electron chi connectivity index (χ0n) is 8.48. The molecule has 0 bridgehead atoms. The predicted molar refractivity (Wildman–Crippen MR) is 65.5 cm³/mol. The van der Waals surface area contributed by atoms with Crippen molar-refractivity contribution in [2.75, 3.05) is 5.88 Å². The minimum Gasteiger partial charge on any atom is -0.263 e. The number of halogens is 2. The van der Waals surface area contributed by atoms with Gasteiger partial charge in [-0.3, -0.25) is 4.98 Å². The topological polar surface area (TPSA) is 43.6 Å². The number of hydrogen-bond donors (Lipinski definition) is 0. The largest absolute Gasteiger partial charge is 0.263 e. The second-order valence-corrected chi connectivity index (χ2v) is 4.65. The molecule has 0 aliphatic heterocycles. The van der Waals surface area contributed by atoms with Gasteiger partial charge in [0.25, 0.3) is 0 Å². The number of nitrogens with zero attached hydrogens (tertiary/aromatic N) is 4. The molecule has 0 saturated heterocycles. The van der Waals surface area contributed by atoms with Crippen LogP contribution in [-0.4, -0.2) is 25.9 Å². The molecule has 16 heavy (non-hydrogen) atoms. The van der Waals surface area contributed by atoms with E-state index in [0.29, 0.717) is 12.4 Å². The van der Waals surface area contributed by atoms with Crippen LogP contribution >= 0.6 is 27.5 Å². The minimum absolute atomic E-state index is 0.567. The predicted octanol–water partition coefficient (Wildman–Crippen LogP) is 2.27. The molecule has 0 fully saturated rings. The number of aryl methyl sites for hydroxylation is 1. The van der Waals surface area contributed by atoms with Gasteiger partial charge in [-0.25, -0.2) is 4.68 Å². The lowest BCUT2D eigenvalue weighted by Crippen LogP contribution is -2.00. The summed E-state index contributed by atoms with van der Waals surface area (Å²) in [7, 11) is 0. The lowest BCUT2D eigenvalue weighted by molar-refractivity contribution is 0.647. The molecular weight excluding hydrogens is 291 g/mol. The molecule has 0 aliphatic rings. The zero-order valence-corrected chi connectivity index (χ0v) is 10.8. The fraction of sp³-hybridized carbons (Fsp3) is 0.300. The van der Waals surface area contributed by atoms with Crippen molar-refractivity contribution in [2.45, 2.75) is 13.0 Å². The van der Waals surface area contributed by atoms with Crippen LogP contribution in [0, 0.1) is 0 Å². The van der Waals surface area contributed by atoms with Crippen molar-refractivity contribution in [1.29, 1.82) is 0 Å². The van der Waals surface area contributed by atoms with Gasteiger partial charge in [0, 0.05) is 35.4 Å². The summed E-state index contributed by atoms with van der Waals surface area (Å²) in [5.41, 5.74) is 2.00. The first kappa shape index (κ1) is 11.5. The van der Waals surface area contributed by atoms with Gasteiger partial charge in [-0.15, -0.1) is 16.7 Å². The average molecular weight is 302 g/mol. The molecule has 0 spiro atoms. The smallest absolute Gasteiger partial charge is 0.0839 e. The lowest BCUT2D eigenvalue weighted by atomic mass is 10.3. The summed E-state index contributed by atoms with van der Waals surface area (Å²) in [6, 6.07) is 2.01. The average Bonchev–Trinajstić information content (AvgIpc) is 2.66. The first-order chi connectivity index (χ1) is 7.78. The Morgan fingerprint density at radius 1 is 1.38 bits per heavy atom. The number of hydrogen-bond acceptors (Lipinski definition) is 3. The molecule has 0 radical (unpaired) electrons. The second kappa shape index (κ2) is 5.41. The maximum atomic E-state index is 5.63. The number of pyridine rings is 1. The third kappa shape index (κ3) is 3.02. The Balaban J connectivity index is 2.08. The molecule has 84 valence electrons. The molecule has 0 aromatic carbocycles. The van der Waals surface area contributed by atoms with E-state index in [1.54, 1.807) is 10.9 Å². The molecule has 0 N–H and O–H groups in total. The van der Waals surface area contributed by atoms with Crippen molar-refractivity contribution < 1.29 is 0 Å². The first-order valence-electron chi connectivity index (χ1n) is 4.82. The molecule has 0 unspecified atom stereocenters. The third-order valence-electron chi connectivity index (χ3n) is 2.04. The summed E-state index contributed by atoms with van der Waals surface area (Å²) in [4.78, 5) is 4.09. The fourth-order valence-corrected chi connectivity index (χ4v) is 1.96. The molecule has 2 rings (SSSR count). The zero-order chi connectivity index (χ0) is 11.4. The Morgan fingerprint density at radius 3 is 3.00 bits per heavy atom. The van der Waals surface area contributed by atoms with Crippen molar-refractivity contribution >= 4 is 27.5 Å². The molecule has 2 aromatic heterocycles. The molecule has 2 heterocycles. The quantitative estimate of drug-likeness (QED) is 0.814. The number of rotatable bonds is 4. The van der Waals surface area contributed by atoms with E-state index in [0.717, 1.165) is 22.2 Å². The Bertz CT molecular complexity index is 471. The molecule has 6 heteroatoms. The highest BCUT2D eigenvalue weighted by molar-refractivity contribution is 9.10. The highest BCUT2D eigenvalue weighted by Gasteiger charge is 2.01. The lowest BCUT2D eigenvalue weighted by Gasteiger charge is -2.00. The SMILES string of the molecule is ClCCc1cn(Cc2cncc(Br)c2)nn1. The van der Waals surface area contributed by atoms with Crippen LogP contribution in [0.4, 0.5) is 0 Å². The van der Waals surface area contributed by atoms with Crippen molar-refractivity contribution in [2.24, 2.45) is 0 Å². The van der Waals surface area contributed by atoms with E-state index in [9.17, 15) is 0 Å². The summed E-state index contributed by atoms with van der Waals surface area (Å²) < 4.78 is 2.75.